The Labute approximate surface area is 96.2 Å². The lowest BCUT2D eigenvalue weighted by Crippen LogP contribution is -2.08. The fraction of sp³-hybridized carbons (Fsp3) is 0.583. The van der Waals surface area contributed by atoms with E-state index in [9.17, 15) is 0 Å². The number of hydrogen-bond acceptors (Lipinski definition) is 4. The van der Waals surface area contributed by atoms with Crippen LogP contribution in [0.25, 0.3) is 0 Å². The third-order valence-corrected chi connectivity index (χ3v) is 2.95. The van der Waals surface area contributed by atoms with Crippen molar-refractivity contribution in [1.82, 2.24) is 4.98 Å². The Hall–Kier alpha value is -1.45. The number of nitrogens with one attached hydrogen (secondary N) is 1. The maximum Gasteiger partial charge on any atom is 0.239 e. The third-order valence-electron chi connectivity index (χ3n) is 2.95. The van der Waals surface area contributed by atoms with E-state index in [1.54, 1.807) is 0 Å². The van der Waals surface area contributed by atoms with Gasteiger partial charge in [-0.3, -0.25) is 0 Å². The van der Waals surface area contributed by atoms with Crippen LogP contribution in [0, 0.1) is 5.92 Å². The van der Waals surface area contributed by atoms with E-state index >= 15 is 0 Å². The van der Waals surface area contributed by atoms with Crippen LogP contribution in [0.4, 0.5) is 11.5 Å². The molecule has 4 heteroatoms. The van der Waals surface area contributed by atoms with Gasteiger partial charge in [-0.05, 0) is 31.4 Å². The number of hydrogen-bond donors (Lipinski definition) is 2. The van der Waals surface area contributed by atoms with Crippen LogP contribution in [0.15, 0.2) is 12.1 Å². The van der Waals surface area contributed by atoms with Gasteiger partial charge in [-0.15, -0.1) is 0 Å². The standard InChI is InChI=1S/C12H19N3O/c1-3-8-7-10(8)14-11-6-5-9(13)12(15-11)16-4-2/h5-6,8,10H,3-4,7,13H2,1-2H3,(H,14,15). The summed E-state index contributed by atoms with van der Waals surface area (Å²) in [4.78, 5) is 4.35. The van der Waals surface area contributed by atoms with Crippen LogP contribution in [-0.4, -0.2) is 17.6 Å². The van der Waals surface area contributed by atoms with Gasteiger partial charge in [-0.2, -0.15) is 4.98 Å². The first-order valence-electron chi connectivity index (χ1n) is 5.90. The molecule has 2 atom stereocenters. The van der Waals surface area contributed by atoms with Gasteiger partial charge in [0.25, 0.3) is 0 Å². The Morgan fingerprint density at radius 3 is 2.94 bits per heavy atom. The van der Waals surface area contributed by atoms with Gasteiger partial charge in [0.05, 0.1) is 12.3 Å². The largest absolute Gasteiger partial charge is 0.476 e. The predicted octanol–water partition coefficient (Wildman–Crippen LogP) is 2.27. The van der Waals surface area contributed by atoms with E-state index in [2.05, 4.69) is 17.2 Å². The molecule has 1 saturated carbocycles. The summed E-state index contributed by atoms with van der Waals surface area (Å²) in [6.45, 7) is 4.73. The van der Waals surface area contributed by atoms with Crippen molar-refractivity contribution in [3.05, 3.63) is 12.1 Å². The number of anilines is 2. The number of nitrogens with zero attached hydrogens (tertiary/aromatic N) is 1. The monoisotopic (exact) mass is 221 g/mol. The van der Waals surface area contributed by atoms with Crippen molar-refractivity contribution < 1.29 is 4.74 Å². The fourth-order valence-corrected chi connectivity index (χ4v) is 1.85. The Morgan fingerprint density at radius 2 is 2.31 bits per heavy atom. The number of nitrogen functional groups attached to an aromatic ring is 1. The highest BCUT2D eigenvalue weighted by molar-refractivity contribution is 5.54. The van der Waals surface area contributed by atoms with Crippen molar-refractivity contribution in [2.45, 2.75) is 32.7 Å². The van der Waals surface area contributed by atoms with Crippen LogP contribution in [0.2, 0.25) is 0 Å². The predicted molar refractivity (Wildman–Crippen MR) is 65.6 cm³/mol. The second-order valence-corrected chi connectivity index (χ2v) is 4.18. The molecule has 4 nitrogen and oxygen atoms in total. The van der Waals surface area contributed by atoms with E-state index in [1.165, 1.54) is 12.8 Å². The van der Waals surface area contributed by atoms with E-state index < -0.39 is 0 Å². The molecule has 1 aliphatic carbocycles. The van der Waals surface area contributed by atoms with Gasteiger partial charge >= 0.3 is 0 Å². The minimum atomic E-state index is 0.529. The van der Waals surface area contributed by atoms with Crippen LogP contribution in [0.5, 0.6) is 5.88 Å². The third kappa shape index (κ3) is 2.38. The normalized spacial score (nSPS) is 22.9. The minimum Gasteiger partial charge on any atom is -0.476 e. The highest BCUT2D eigenvalue weighted by atomic mass is 16.5. The molecule has 16 heavy (non-hydrogen) atoms. The second-order valence-electron chi connectivity index (χ2n) is 4.18. The maximum absolute atomic E-state index is 5.76. The molecule has 0 saturated heterocycles. The van der Waals surface area contributed by atoms with Gasteiger partial charge in [-0.25, -0.2) is 0 Å². The Kier molecular flexibility index (Phi) is 3.17. The number of nitrogens with two attached hydrogens (primary N) is 1. The molecule has 0 aliphatic heterocycles. The van der Waals surface area contributed by atoms with E-state index in [0.29, 0.717) is 24.2 Å². The highest BCUT2D eigenvalue weighted by Crippen LogP contribution is 2.36. The number of aromatic nitrogens is 1. The van der Waals surface area contributed by atoms with Gasteiger partial charge in [0.15, 0.2) is 0 Å². The van der Waals surface area contributed by atoms with Crippen LogP contribution < -0.4 is 15.8 Å². The summed E-state index contributed by atoms with van der Waals surface area (Å²) < 4.78 is 5.36. The zero-order valence-corrected chi connectivity index (χ0v) is 9.86. The molecule has 0 bridgehead atoms. The molecule has 1 aliphatic rings. The molecule has 0 aromatic carbocycles. The Balaban J connectivity index is 2.02. The minimum absolute atomic E-state index is 0.529. The average molecular weight is 221 g/mol. The zero-order chi connectivity index (χ0) is 11.5. The van der Waals surface area contributed by atoms with E-state index in [0.717, 1.165) is 11.7 Å². The molecule has 88 valence electrons. The van der Waals surface area contributed by atoms with Crippen molar-refractivity contribution >= 4 is 11.5 Å². The molecule has 2 unspecified atom stereocenters. The number of ether oxygens (including phenoxy) is 1. The van der Waals surface area contributed by atoms with Gasteiger partial charge < -0.3 is 15.8 Å². The molecule has 1 aromatic rings. The number of rotatable bonds is 5. The Bertz CT molecular complexity index is 367. The summed E-state index contributed by atoms with van der Waals surface area (Å²) in [5.41, 5.74) is 6.35. The Morgan fingerprint density at radius 1 is 1.50 bits per heavy atom. The van der Waals surface area contributed by atoms with E-state index in [1.807, 2.05) is 19.1 Å². The molecule has 1 aromatic heterocycles. The molecule has 0 spiro atoms. The summed E-state index contributed by atoms with van der Waals surface area (Å²) in [6, 6.07) is 4.32. The molecule has 0 amide bonds. The molecule has 1 fully saturated rings. The molecule has 0 radical (unpaired) electrons. The van der Waals surface area contributed by atoms with Crippen molar-refractivity contribution in [2.24, 2.45) is 5.92 Å². The maximum atomic E-state index is 5.76. The lowest BCUT2D eigenvalue weighted by atomic mass is 10.3. The first-order valence-corrected chi connectivity index (χ1v) is 5.90. The number of pyridine rings is 1. The van der Waals surface area contributed by atoms with Gasteiger partial charge in [0, 0.05) is 6.04 Å². The first kappa shape index (κ1) is 11.0. The first-order chi connectivity index (χ1) is 7.74. The lowest BCUT2D eigenvalue weighted by Gasteiger charge is -2.09. The molecular formula is C12H19N3O. The summed E-state index contributed by atoms with van der Waals surface area (Å²) in [7, 11) is 0. The van der Waals surface area contributed by atoms with Crippen molar-refractivity contribution in [2.75, 3.05) is 17.7 Å². The van der Waals surface area contributed by atoms with Crippen LogP contribution in [0.1, 0.15) is 26.7 Å². The summed E-state index contributed by atoms with van der Waals surface area (Å²) >= 11 is 0. The van der Waals surface area contributed by atoms with E-state index in [4.69, 9.17) is 10.5 Å². The average Bonchev–Trinajstić information content (AvgIpc) is 3.02. The summed E-state index contributed by atoms with van der Waals surface area (Å²) in [6.07, 6.45) is 2.47. The quantitative estimate of drug-likeness (QED) is 0.800. The van der Waals surface area contributed by atoms with Gasteiger partial charge in [-0.1, -0.05) is 13.3 Å². The summed E-state index contributed by atoms with van der Waals surface area (Å²) in [5.74, 6) is 2.19. The summed E-state index contributed by atoms with van der Waals surface area (Å²) in [5, 5.41) is 3.40. The van der Waals surface area contributed by atoms with Gasteiger partial charge in [0.1, 0.15) is 5.82 Å². The molecule has 3 N–H and O–H groups in total. The SMILES string of the molecule is CCOc1nc(NC2CC2CC)ccc1N. The smallest absolute Gasteiger partial charge is 0.239 e. The lowest BCUT2D eigenvalue weighted by molar-refractivity contribution is 0.329. The zero-order valence-electron chi connectivity index (χ0n) is 9.86. The van der Waals surface area contributed by atoms with Crippen molar-refractivity contribution in [1.29, 1.82) is 0 Å². The molecule has 1 heterocycles. The van der Waals surface area contributed by atoms with Crippen LogP contribution in [-0.2, 0) is 0 Å². The van der Waals surface area contributed by atoms with Crippen molar-refractivity contribution in [3.8, 4) is 5.88 Å². The molecule has 2 rings (SSSR count). The van der Waals surface area contributed by atoms with Crippen LogP contribution in [0.3, 0.4) is 0 Å². The fourth-order valence-electron chi connectivity index (χ4n) is 1.85. The topological polar surface area (TPSA) is 60.2 Å². The van der Waals surface area contributed by atoms with Crippen LogP contribution >= 0.6 is 0 Å². The van der Waals surface area contributed by atoms with Gasteiger partial charge in [0.2, 0.25) is 5.88 Å². The highest BCUT2D eigenvalue weighted by Gasteiger charge is 2.35. The van der Waals surface area contributed by atoms with Crippen molar-refractivity contribution in [3.63, 3.8) is 0 Å². The molecular weight excluding hydrogens is 202 g/mol. The second kappa shape index (κ2) is 4.60. The van der Waals surface area contributed by atoms with E-state index in [-0.39, 0.29) is 0 Å².